The molecule has 0 unspecified atom stereocenters. The van der Waals surface area contributed by atoms with Crippen LogP contribution in [-0.2, 0) is 51.2 Å². The third-order valence-corrected chi connectivity index (χ3v) is 11.1. The summed E-state index contributed by atoms with van der Waals surface area (Å²) in [6, 6.07) is 20.1. The molecule has 2 aliphatic rings. The number of hydrogen-bond acceptors (Lipinski definition) is 9. The lowest BCUT2D eigenvalue weighted by molar-refractivity contribution is -0.447. The summed E-state index contributed by atoms with van der Waals surface area (Å²) in [6.07, 6.45) is 12.2. The van der Waals surface area contributed by atoms with Gasteiger partial charge in [-0.1, -0.05) is 73.5 Å². The number of carboxylic acids is 2. The standard InChI is InChI=1S/C41H44N2O10S2/c1-40(2)32-26-30(54-53-52-51-5)17-19-34(32)42(23-21-38(44)45)36(40)15-9-13-29(25-28-11-7-6-8-12-28)14-10-16-37-41(3,4)33-27-31(55(48,49)50)18-20-35(33)43(37)24-22-39(46)47/h6-20,26-27H,21-25H2,1-5H3,(H2-,44,45,46,47,48,49,50)/p+1. The van der Waals surface area contributed by atoms with E-state index in [9.17, 15) is 32.8 Å². The first-order chi connectivity index (χ1) is 26.0. The van der Waals surface area contributed by atoms with E-state index >= 15 is 0 Å². The predicted molar refractivity (Wildman–Crippen MR) is 210 cm³/mol. The summed E-state index contributed by atoms with van der Waals surface area (Å²) in [5.41, 5.74) is 5.76. The first-order valence-electron chi connectivity index (χ1n) is 17.5. The highest BCUT2D eigenvalue weighted by molar-refractivity contribution is 7.94. The third kappa shape index (κ3) is 9.71. The number of allylic oxidation sites excluding steroid dienone is 8. The first-order valence-corrected chi connectivity index (χ1v) is 19.7. The van der Waals surface area contributed by atoms with Gasteiger partial charge in [0.1, 0.15) is 6.42 Å². The van der Waals surface area contributed by atoms with E-state index in [4.69, 9.17) is 4.33 Å². The lowest BCUT2D eigenvalue weighted by Gasteiger charge is -2.26. The van der Waals surface area contributed by atoms with Crippen molar-refractivity contribution in [2.24, 2.45) is 0 Å². The number of anilines is 1. The highest BCUT2D eigenvalue weighted by Gasteiger charge is 2.45. The van der Waals surface area contributed by atoms with E-state index in [1.54, 1.807) is 6.07 Å². The summed E-state index contributed by atoms with van der Waals surface area (Å²) in [6.45, 7) is 8.47. The molecule has 3 N–H and O–H groups in total. The Hall–Kier alpha value is -4.83. The van der Waals surface area contributed by atoms with Crippen LogP contribution in [0.2, 0.25) is 0 Å². The average molecular weight is 790 g/mol. The van der Waals surface area contributed by atoms with Gasteiger partial charge >= 0.3 is 11.9 Å². The second-order valence-electron chi connectivity index (χ2n) is 14.1. The summed E-state index contributed by atoms with van der Waals surface area (Å²) >= 11 is 1.00. The maximum absolute atomic E-state index is 12.0. The molecule has 0 bridgehead atoms. The van der Waals surface area contributed by atoms with Crippen molar-refractivity contribution in [2.45, 2.75) is 67.6 Å². The molecular weight excluding hydrogens is 745 g/mol. The van der Waals surface area contributed by atoms with Gasteiger partial charge in [0.2, 0.25) is 5.69 Å². The largest absolute Gasteiger partial charge is 0.481 e. The second-order valence-corrected chi connectivity index (χ2v) is 16.3. The fourth-order valence-corrected chi connectivity index (χ4v) is 7.99. The molecule has 3 aromatic carbocycles. The van der Waals surface area contributed by atoms with Crippen LogP contribution in [0.25, 0.3) is 0 Å². The Labute approximate surface area is 325 Å². The van der Waals surface area contributed by atoms with Gasteiger partial charge in [0.15, 0.2) is 12.3 Å². The van der Waals surface area contributed by atoms with Gasteiger partial charge in [-0.3, -0.25) is 14.1 Å². The van der Waals surface area contributed by atoms with Crippen LogP contribution in [0.5, 0.6) is 0 Å². The zero-order valence-electron chi connectivity index (χ0n) is 31.3. The fraction of sp³-hybridized carbons (Fsp3) is 0.293. The zero-order valence-corrected chi connectivity index (χ0v) is 32.9. The van der Waals surface area contributed by atoms with Crippen molar-refractivity contribution < 1.29 is 51.6 Å². The molecule has 0 atom stereocenters. The highest BCUT2D eigenvalue weighted by atomic mass is 32.2. The summed E-state index contributed by atoms with van der Waals surface area (Å²) in [7, 11) is -3.11. The molecule has 3 aromatic rings. The van der Waals surface area contributed by atoms with Crippen molar-refractivity contribution in [3.8, 4) is 0 Å². The van der Waals surface area contributed by atoms with Gasteiger partial charge in [-0.05, 0) is 73.4 Å². The van der Waals surface area contributed by atoms with Crippen LogP contribution in [0.3, 0.4) is 0 Å². The molecule has 2 aliphatic heterocycles. The molecule has 0 radical (unpaired) electrons. The number of carboxylic acid groups (broad SMARTS) is 2. The minimum atomic E-state index is -4.45. The summed E-state index contributed by atoms with van der Waals surface area (Å²) in [5.74, 6) is -1.86. The van der Waals surface area contributed by atoms with Gasteiger partial charge in [0.25, 0.3) is 10.1 Å². The van der Waals surface area contributed by atoms with Crippen molar-refractivity contribution >= 4 is 51.2 Å². The molecule has 14 heteroatoms. The SMILES string of the molecule is COOOSc1ccc2c(c1)C(C)(C)C(/C=C/C=C(/C=C/C=C1/N(CCC(=O)O)c3ccc(S(=O)(=O)O)cc3C1(C)C)Cc1ccccc1)=[N+]2CCC(=O)O. The van der Waals surface area contributed by atoms with Gasteiger partial charge < -0.3 is 15.1 Å². The van der Waals surface area contributed by atoms with E-state index in [1.165, 1.54) is 19.2 Å². The molecule has 290 valence electrons. The van der Waals surface area contributed by atoms with Crippen LogP contribution in [0.1, 0.15) is 57.2 Å². The first kappa shape index (κ1) is 41.3. The van der Waals surface area contributed by atoms with Crippen LogP contribution in [0.15, 0.2) is 124 Å². The van der Waals surface area contributed by atoms with E-state index in [0.29, 0.717) is 17.7 Å². The van der Waals surface area contributed by atoms with Crippen LogP contribution >= 0.6 is 12.0 Å². The second kappa shape index (κ2) is 17.3. The van der Waals surface area contributed by atoms with Gasteiger partial charge in [-0.25, -0.2) is 4.89 Å². The quantitative estimate of drug-likeness (QED) is 0.0232. The number of hydrogen-bond donors (Lipinski definition) is 3. The maximum atomic E-state index is 12.0. The summed E-state index contributed by atoms with van der Waals surface area (Å²) < 4.78 is 40.8. The van der Waals surface area contributed by atoms with Crippen LogP contribution in [0.4, 0.5) is 11.4 Å². The smallest absolute Gasteiger partial charge is 0.309 e. The fourth-order valence-electron chi connectivity index (χ4n) is 7.03. The van der Waals surface area contributed by atoms with Gasteiger partial charge in [0.05, 0.1) is 35.9 Å². The molecule has 0 aliphatic carbocycles. The molecule has 0 amide bonds. The lowest BCUT2D eigenvalue weighted by atomic mass is 9.81. The molecule has 0 spiro atoms. The molecule has 2 heterocycles. The molecule has 5 rings (SSSR count). The Morgan fingerprint density at radius 2 is 1.64 bits per heavy atom. The van der Waals surface area contributed by atoms with Crippen molar-refractivity contribution in [3.05, 3.63) is 131 Å². The van der Waals surface area contributed by atoms with Gasteiger partial charge in [-0.2, -0.15) is 13.0 Å². The van der Waals surface area contributed by atoms with E-state index in [0.717, 1.165) is 50.7 Å². The van der Waals surface area contributed by atoms with Gasteiger partial charge in [0, 0.05) is 45.9 Å². The number of nitrogens with zero attached hydrogens (tertiary/aromatic N) is 2. The van der Waals surface area contributed by atoms with Crippen molar-refractivity contribution in [1.29, 1.82) is 0 Å². The molecule has 12 nitrogen and oxygen atoms in total. The zero-order chi connectivity index (χ0) is 40.0. The summed E-state index contributed by atoms with van der Waals surface area (Å²) in [5, 5.41) is 23.6. The Bertz CT molecular complexity index is 2200. The minimum Gasteiger partial charge on any atom is -0.481 e. The Morgan fingerprint density at radius 1 is 0.909 bits per heavy atom. The maximum Gasteiger partial charge on any atom is 0.309 e. The Kier molecular flexibility index (Phi) is 13.0. The predicted octanol–water partition coefficient (Wildman–Crippen LogP) is 7.74. The van der Waals surface area contributed by atoms with Gasteiger partial charge in [-0.15, -0.1) is 4.33 Å². The molecule has 0 saturated heterocycles. The molecular formula is C41H45N2O10S2+. The number of fused-ring (bicyclic) bond motifs is 2. The lowest BCUT2D eigenvalue weighted by Crippen LogP contribution is -2.28. The van der Waals surface area contributed by atoms with Crippen LogP contribution in [0, 0.1) is 0 Å². The Morgan fingerprint density at radius 3 is 2.31 bits per heavy atom. The molecule has 0 saturated carbocycles. The van der Waals surface area contributed by atoms with E-state index < -0.39 is 32.9 Å². The number of carbonyl (C=O) groups is 2. The van der Waals surface area contributed by atoms with E-state index in [1.807, 2.05) is 108 Å². The highest BCUT2D eigenvalue weighted by Crippen LogP contribution is 2.48. The van der Waals surface area contributed by atoms with Crippen molar-refractivity contribution in [1.82, 2.24) is 0 Å². The molecule has 55 heavy (non-hydrogen) atoms. The van der Waals surface area contributed by atoms with Crippen LogP contribution < -0.4 is 4.90 Å². The summed E-state index contributed by atoms with van der Waals surface area (Å²) in [4.78, 5) is 30.2. The number of rotatable bonds is 17. The van der Waals surface area contributed by atoms with Crippen molar-refractivity contribution in [3.63, 3.8) is 0 Å². The van der Waals surface area contributed by atoms with E-state index in [2.05, 4.69) is 23.8 Å². The third-order valence-electron chi connectivity index (χ3n) is 9.73. The topological polar surface area (TPSA) is 163 Å². The Balaban J connectivity index is 1.52. The normalized spacial score (nSPS) is 17.1. The minimum absolute atomic E-state index is 0.0541. The van der Waals surface area contributed by atoms with Crippen molar-refractivity contribution in [2.75, 3.05) is 25.1 Å². The van der Waals surface area contributed by atoms with Crippen LogP contribution in [-0.4, -0.2) is 65.6 Å². The van der Waals surface area contributed by atoms with E-state index in [-0.39, 0.29) is 30.8 Å². The average Bonchev–Trinajstić information content (AvgIpc) is 3.47. The monoisotopic (exact) mass is 789 g/mol. The number of benzene rings is 3. The number of aliphatic carboxylic acids is 2. The molecule has 0 aromatic heterocycles. The molecule has 0 fully saturated rings.